The third-order valence-electron chi connectivity index (χ3n) is 2.80. The molecule has 6 heteroatoms. The summed E-state index contributed by atoms with van der Waals surface area (Å²) in [7, 11) is -3.27. The van der Waals surface area contributed by atoms with Gasteiger partial charge in [-0.25, -0.2) is 13.4 Å². The molecule has 0 aliphatic rings. The van der Waals surface area contributed by atoms with Crippen molar-refractivity contribution in [2.24, 2.45) is 0 Å². The number of nitrogens with zero attached hydrogens (tertiary/aromatic N) is 1. The van der Waals surface area contributed by atoms with Crippen molar-refractivity contribution in [3.05, 3.63) is 34.4 Å². The van der Waals surface area contributed by atoms with E-state index >= 15 is 0 Å². The maximum Gasteiger partial charge on any atom is 0.258 e. The lowest BCUT2D eigenvalue weighted by molar-refractivity contribution is 0.597. The Morgan fingerprint density at radius 2 is 2.00 bits per heavy atom. The Bertz CT molecular complexity index is 747. The van der Waals surface area contributed by atoms with Crippen molar-refractivity contribution in [1.82, 2.24) is 9.97 Å². The molecule has 0 saturated heterocycles. The highest BCUT2D eigenvalue weighted by Crippen LogP contribution is 2.16. The van der Waals surface area contributed by atoms with Gasteiger partial charge in [-0.15, -0.1) is 0 Å². The fraction of sp³-hybridized carbons (Fsp3) is 0.333. The predicted octanol–water partition coefficient (Wildman–Crippen LogP) is 1.28. The first kappa shape index (κ1) is 12.8. The monoisotopic (exact) mass is 266 g/mol. The summed E-state index contributed by atoms with van der Waals surface area (Å²) in [6.07, 6.45) is 0.593. The van der Waals surface area contributed by atoms with Crippen LogP contribution in [0, 0.1) is 0 Å². The Morgan fingerprint density at radius 3 is 2.61 bits per heavy atom. The van der Waals surface area contributed by atoms with Crippen LogP contribution in [0.2, 0.25) is 0 Å². The number of fused-ring (bicyclic) bond motifs is 1. The fourth-order valence-electron chi connectivity index (χ4n) is 1.70. The molecular formula is C12H14N2O3S. The molecule has 18 heavy (non-hydrogen) atoms. The summed E-state index contributed by atoms with van der Waals surface area (Å²) in [6, 6.07) is 4.41. The number of nitrogens with one attached hydrogen (secondary N) is 1. The van der Waals surface area contributed by atoms with Crippen LogP contribution in [0.1, 0.15) is 19.7 Å². The summed E-state index contributed by atoms with van der Waals surface area (Å²) in [6.45, 7) is 3.46. The molecule has 2 rings (SSSR count). The normalized spacial score (nSPS) is 11.9. The fourth-order valence-corrected chi connectivity index (χ4v) is 2.60. The first-order chi connectivity index (χ1) is 8.47. The van der Waals surface area contributed by atoms with Gasteiger partial charge in [0, 0.05) is 6.42 Å². The van der Waals surface area contributed by atoms with Crippen LogP contribution in [0.5, 0.6) is 0 Å². The van der Waals surface area contributed by atoms with Crippen LogP contribution in [0.4, 0.5) is 0 Å². The number of hydrogen-bond donors (Lipinski definition) is 1. The van der Waals surface area contributed by atoms with Gasteiger partial charge < -0.3 is 4.98 Å². The van der Waals surface area contributed by atoms with Crippen molar-refractivity contribution in [3.63, 3.8) is 0 Å². The van der Waals surface area contributed by atoms with E-state index in [0.29, 0.717) is 23.1 Å². The van der Waals surface area contributed by atoms with Crippen LogP contribution in [-0.4, -0.2) is 24.1 Å². The number of aromatic nitrogens is 2. The minimum absolute atomic E-state index is 0.0301. The number of aryl methyl sites for hydroxylation is 1. The number of sulfone groups is 1. The van der Waals surface area contributed by atoms with Crippen molar-refractivity contribution >= 4 is 20.7 Å². The van der Waals surface area contributed by atoms with Gasteiger partial charge in [-0.1, -0.05) is 13.8 Å². The Hall–Kier alpha value is -1.69. The summed E-state index contributed by atoms with van der Waals surface area (Å²) >= 11 is 0. The summed E-state index contributed by atoms with van der Waals surface area (Å²) in [5.74, 6) is 0.584. The highest BCUT2D eigenvalue weighted by atomic mass is 32.2. The van der Waals surface area contributed by atoms with E-state index in [0.717, 1.165) is 0 Å². The van der Waals surface area contributed by atoms with E-state index in [1.54, 1.807) is 6.92 Å². The number of aromatic amines is 1. The lowest BCUT2D eigenvalue weighted by atomic mass is 10.2. The lowest BCUT2D eigenvalue weighted by Gasteiger charge is -2.04. The number of benzene rings is 1. The molecule has 0 unspecified atom stereocenters. The Kier molecular flexibility index (Phi) is 3.21. The van der Waals surface area contributed by atoms with Crippen molar-refractivity contribution in [2.45, 2.75) is 25.2 Å². The van der Waals surface area contributed by atoms with E-state index in [4.69, 9.17) is 0 Å². The highest BCUT2D eigenvalue weighted by Gasteiger charge is 2.13. The first-order valence-electron chi connectivity index (χ1n) is 5.73. The van der Waals surface area contributed by atoms with Crippen LogP contribution in [0.3, 0.4) is 0 Å². The topological polar surface area (TPSA) is 79.9 Å². The van der Waals surface area contributed by atoms with Crippen LogP contribution < -0.4 is 5.56 Å². The van der Waals surface area contributed by atoms with E-state index in [2.05, 4.69) is 9.97 Å². The summed E-state index contributed by atoms with van der Waals surface area (Å²) in [5.41, 5.74) is 0.183. The summed E-state index contributed by atoms with van der Waals surface area (Å²) in [5, 5.41) is 0.405. The zero-order valence-electron chi connectivity index (χ0n) is 10.2. The molecule has 1 N–H and O–H groups in total. The molecule has 1 heterocycles. The molecule has 1 aromatic heterocycles. The van der Waals surface area contributed by atoms with Gasteiger partial charge in [0.05, 0.1) is 21.6 Å². The second-order valence-electron chi connectivity index (χ2n) is 3.95. The number of rotatable bonds is 3. The summed E-state index contributed by atoms with van der Waals surface area (Å²) in [4.78, 5) is 18.8. The highest BCUT2D eigenvalue weighted by molar-refractivity contribution is 7.91. The third-order valence-corrected chi connectivity index (χ3v) is 4.53. The molecule has 0 aliphatic heterocycles. The summed E-state index contributed by atoms with van der Waals surface area (Å²) < 4.78 is 23.5. The molecule has 0 amide bonds. The van der Waals surface area contributed by atoms with E-state index in [9.17, 15) is 13.2 Å². The van der Waals surface area contributed by atoms with Crippen LogP contribution in [-0.2, 0) is 16.3 Å². The van der Waals surface area contributed by atoms with Gasteiger partial charge in [-0.3, -0.25) is 4.79 Å². The van der Waals surface area contributed by atoms with Gasteiger partial charge in [0.1, 0.15) is 5.82 Å². The van der Waals surface area contributed by atoms with E-state index in [-0.39, 0.29) is 16.2 Å². The molecule has 1 aromatic carbocycles. The molecule has 0 atom stereocenters. The Morgan fingerprint density at radius 1 is 1.28 bits per heavy atom. The predicted molar refractivity (Wildman–Crippen MR) is 69.5 cm³/mol. The average molecular weight is 266 g/mol. The molecule has 0 bridgehead atoms. The maximum absolute atomic E-state index is 11.8. The van der Waals surface area contributed by atoms with Crippen molar-refractivity contribution < 1.29 is 8.42 Å². The van der Waals surface area contributed by atoms with Gasteiger partial charge in [-0.2, -0.15) is 0 Å². The zero-order valence-corrected chi connectivity index (χ0v) is 11.0. The molecule has 0 fully saturated rings. The quantitative estimate of drug-likeness (QED) is 0.907. The lowest BCUT2D eigenvalue weighted by Crippen LogP contribution is -2.12. The van der Waals surface area contributed by atoms with E-state index < -0.39 is 9.84 Å². The SMILES string of the molecule is CCc1nc2cc(S(=O)(=O)CC)ccc2c(=O)[nH]1. The van der Waals surface area contributed by atoms with E-state index in [1.807, 2.05) is 6.92 Å². The first-order valence-corrected chi connectivity index (χ1v) is 7.39. The largest absolute Gasteiger partial charge is 0.310 e. The molecule has 0 spiro atoms. The maximum atomic E-state index is 11.8. The van der Waals surface area contributed by atoms with Crippen LogP contribution in [0.15, 0.2) is 27.9 Å². The molecule has 0 radical (unpaired) electrons. The number of H-pyrrole nitrogens is 1. The van der Waals surface area contributed by atoms with E-state index in [1.165, 1.54) is 18.2 Å². The van der Waals surface area contributed by atoms with Crippen molar-refractivity contribution in [3.8, 4) is 0 Å². The minimum Gasteiger partial charge on any atom is -0.310 e. The molecule has 2 aromatic rings. The van der Waals surface area contributed by atoms with Gasteiger partial charge in [0.2, 0.25) is 0 Å². The molecule has 96 valence electrons. The van der Waals surface area contributed by atoms with Crippen LogP contribution in [0.25, 0.3) is 10.9 Å². The third kappa shape index (κ3) is 2.15. The zero-order chi connectivity index (χ0) is 13.3. The number of hydrogen-bond acceptors (Lipinski definition) is 4. The smallest absolute Gasteiger partial charge is 0.258 e. The molecule has 0 saturated carbocycles. The van der Waals surface area contributed by atoms with Gasteiger partial charge >= 0.3 is 0 Å². The molecule has 5 nitrogen and oxygen atoms in total. The molecule has 0 aliphatic carbocycles. The Balaban J connectivity index is 2.76. The standard InChI is InChI=1S/C12H14N2O3S/c1-3-11-13-10-7-8(18(16,17)4-2)5-6-9(10)12(15)14-11/h5-7H,3-4H2,1-2H3,(H,13,14,15). The average Bonchev–Trinajstić information content (AvgIpc) is 2.37. The van der Waals surface area contributed by atoms with Gasteiger partial charge in [0.15, 0.2) is 9.84 Å². The Labute approximate surface area is 105 Å². The van der Waals surface area contributed by atoms with Crippen molar-refractivity contribution in [1.29, 1.82) is 0 Å². The minimum atomic E-state index is -3.27. The molecular weight excluding hydrogens is 252 g/mol. The second kappa shape index (κ2) is 4.53. The van der Waals surface area contributed by atoms with Gasteiger partial charge in [-0.05, 0) is 18.2 Å². The van der Waals surface area contributed by atoms with Gasteiger partial charge in [0.25, 0.3) is 5.56 Å². The van der Waals surface area contributed by atoms with Crippen molar-refractivity contribution in [2.75, 3.05) is 5.75 Å². The second-order valence-corrected chi connectivity index (χ2v) is 6.23. The van der Waals surface area contributed by atoms with Crippen LogP contribution >= 0.6 is 0 Å².